The normalized spacial score (nSPS) is 11.5. The molecule has 1 aromatic carbocycles. The molecule has 0 unspecified atom stereocenters. The molecule has 3 aromatic heterocycles. The fourth-order valence-electron chi connectivity index (χ4n) is 3.28. The molecule has 0 saturated heterocycles. The topological polar surface area (TPSA) is 80.9 Å². The first-order valence-corrected chi connectivity index (χ1v) is 9.87. The summed E-state index contributed by atoms with van der Waals surface area (Å²) in [6, 6.07) is 11.0. The second-order valence-electron chi connectivity index (χ2n) is 7.36. The number of halogens is 3. The molecule has 0 aliphatic carbocycles. The number of hydrogen-bond acceptors (Lipinski definition) is 6. The van der Waals surface area contributed by atoms with E-state index in [0.717, 1.165) is 11.8 Å². The average molecular weight is 455 g/mol. The number of fused-ring (bicyclic) bond motifs is 1. The quantitative estimate of drug-likeness (QED) is 0.443. The van der Waals surface area contributed by atoms with E-state index in [-0.39, 0.29) is 29.3 Å². The molecule has 1 N–H and O–H groups in total. The summed E-state index contributed by atoms with van der Waals surface area (Å²) in [4.78, 5) is 27.2. The highest BCUT2D eigenvalue weighted by Crippen LogP contribution is 2.28. The van der Waals surface area contributed by atoms with Crippen molar-refractivity contribution in [1.82, 2.24) is 24.3 Å². The minimum Gasteiger partial charge on any atom is -0.378 e. The van der Waals surface area contributed by atoms with Crippen molar-refractivity contribution < 1.29 is 13.2 Å². The molecule has 0 amide bonds. The summed E-state index contributed by atoms with van der Waals surface area (Å²) in [6.45, 7) is 3.67. The number of anilines is 3. The number of alkyl halides is 3. The van der Waals surface area contributed by atoms with E-state index in [2.05, 4.69) is 26.8 Å². The average Bonchev–Trinajstić information content (AvgIpc) is 3.05. The maximum absolute atomic E-state index is 13.2. The van der Waals surface area contributed by atoms with Crippen LogP contribution in [0.15, 0.2) is 66.1 Å². The lowest BCUT2D eigenvalue weighted by Crippen LogP contribution is -2.22. The first kappa shape index (κ1) is 22.1. The van der Waals surface area contributed by atoms with Crippen molar-refractivity contribution in [3.63, 3.8) is 0 Å². The second-order valence-corrected chi connectivity index (χ2v) is 7.36. The van der Waals surface area contributed by atoms with Crippen LogP contribution >= 0.6 is 0 Å². The molecule has 0 fully saturated rings. The predicted octanol–water partition coefficient (Wildman–Crippen LogP) is 3.99. The minimum absolute atomic E-state index is 0.0435. The highest BCUT2D eigenvalue weighted by molar-refractivity contribution is 5.77. The Hall–Kier alpha value is -4.15. The zero-order valence-corrected chi connectivity index (χ0v) is 17.8. The summed E-state index contributed by atoms with van der Waals surface area (Å²) in [6.07, 6.45) is -1.84. The van der Waals surface area contributed by atoms with Crippen LogP contribution in [0.1, 0.15) is 5.69 Å². The van der Waals surface area contributed by atoms with Gasteiger partial charge in [0, 0.05) is 31.7 Å². The number of benzene rings is 1. The van der Waals surface area contributed by atoms with Gasteiger partial charge < -0.3 is 10.2 Å². The van der Waals surface area contributed by atoms with Crippen LogP contribution in [0.25, 0.3) is 16.9 Å². The maximum Gasteiger partial charge on any atom is 0.433 e. The molecule has 4 rings (SSSR count). The first-order chi connectivity index (χ1) is 15.7. The molecule has 0 spiro atoms. The van der Waals surface area contributed by atoms with E-state index >= 15 is 0 Å². The molecular formula is C22H20F3N7O. The Bertz CT molecular complexity index is 1370. The van der Waals surface area contributed by atoms with Gasteiger partial charge in [-0.2, -0.15) is 18.2 Å². The Morgan fingerprint density at radius 2 is 1.85 bits per heavy atom. The van der Waals surface area contributed by atoms with Crippen molar-refractivity contribution in [3.8, 4) is 5.82 Å². The standard InChI is InChI=1S/C22H20F3N7O/c1-4-12-31-20(33)16-13-26-21(27-14-8-10-15(11-9-14)30(2)3)29-19(16)32(31)18-7-5-6-17(28-18)22(23,24)25/h4-11,13H,1,12H2,2-3H3,(H,26,27,29). The van der Waals surface area contributed by atoms with E-state index in [9.17, 15) is 18.0 Å². The van der Waals surface area contributed by atoms with Gasteiger partial charge in [0.05, 0.1) is 6.54 Å². The molecule has 11 heteroatoms. The number of nitrogens with zero attached hydrogens (tertiary/aromatic N) is 6. The third-order valence-corrected chi connectivity index (χ3v) is 4.86. The van der Waals surface area contributed by atoms with Crippen LogP contribution in [0.5, 0.6) is 0 Å². The van der Waals surface area contributed by atoms with Gasteiger partial charge in [0.15, 0.2) is 11.5 Å². The maximum atomic E-state index is 13.2. The number of rotatable bonds is 6. The summed E-state index contributed by atoms with van der Waals surface area (Å²) >= 11 is 0. The molecule has 170 valence electrons. The monoisotopic (exact) mass is 455 g/mol. The van der Waals surface area contributed by atoms with Gasteiger partial charge in [0.1, 0.15) is 11.1 Å². The Labute approximate surface area is 186 Å². The van der Waals surface area contributed by atoms with E-state index in [4.69, 9.17) is 0 Å². The predicted molar refractivity (Wildman–Crippen MR) is 120 cm³/mol. The Morgan fingerprint density at radius 3 is 2.48 bits per heavy atom. The molecule has 0 bridgehead atoms. The molecule has 33 heavy (non-hydrogen) atoms. The van der Waals surface area contributed by atoms with Gasteiger partial charge in [-0.05, 0) is 36.4 Å². The van der Waals surface area contributed by atoms with Crippen molar-refractivity contribution in [2.75, 3.05) is 24.3 Å². The summed E-state index contributed by atoms with van der Waals surface area (Å²) in [5, 5.41) is 3.19. The second kappa shape index (κ2) is 8.41. The van der Waals surface area contributed by atoms with E-state index in [0.29, 0.717) is 5.69 Å². The molecular weight excluding hydrogens is 435 g/mol. The van der Waals surface area contributed by atoms with Gasteiger partial charge in [0.25, 0.3) is 5.56 Å². The SMILES string of the molecule is C=CCn1c(=O)c2cnc(Nc3ccc(N(C)C)cc3)nc2n1-c1cccc(C(F)(F)F)n1. The number of allylic oxidation sites excluding steroid dienone is 1. The van der Waals surface area contributed by atoms with E-state index in [1.807, 2.05) is 43.3 Å². The van der Waals surface area contributed by atoms with Crippen LogP contribution in [0, 0.1) is 0 Å². The third-order valence-electron chi connectivity index (χ3n) is 4.86. The van der Waals surface area contributed by atoms with E-state index < -0.39 is 17.4 Å². The van der Waals surface area contributed by atoms with Gasteiger partial charge in [-0.1, -0.05) is 12.1 Å². The largest absolute Gasteiger partial charge is 0.433 e. The van der Waals surface area contributed by atoms with Crippen LogP contribution in [0.2, 0.25) is 0 Å². The Kier molecular flexibility index (Phi) is 5.62. The van der Waals surface area contributed by atoms with Gasteiger partial charge in [-0.15, -0.1) is 6.58 Å². The molecule has 0 aliphatic heterocycles. The van der Waals surface area contributed by atoms with Gasteiger partial charge in [-0.25, -0.2) is 19.3 Å². The van der Waals surface area contributed by atoms with Crippen molar-refractivity contribution >= 4 is 28.4 Å². The van der Waals surface area contributed by atoms with Crippen molar-refractivity contribution in [3.05, 3.63) is 77.4 Å². The summed E-state index contributed by atoms with van der Waals surface area (Å²) in [7, 11) is 3.85. The summed E-state index contributed by atoms with van der Waals surface area (Å²) in [5.41, 5.74) is 0.286. The van der Waals surface area contributed by atoms with Crippen LogP contribution in [0.4, 0.5) is 30.5 Å². The Morgan fingerprint density at radius 1 is 1.12 bits per heavy atom. The molecule has 8 nitrogen and oxygen atoms in total. The van der Waals surface area contributed by atoms with E-state index in [1.54, 1.807) is 0 Å². The van der Waals surface area contributed by atoms with Crippen molar-refractivity contribution in [2.24, 2.45) is 0 Å². The lowest BCUT2D eigenvalue weighted by atomic mass is 10.2. The highest BCUT2D eigenvalue weighted by Gasteiger charge is 2.33. The van der Waals surface area contributed by atoms with Crippen molar-refractivity contribution in [2.45, 2.75) is 12.7 Å². The summed E-state index contributed by atoms with van der Waals surface area (Å²) < 4.78 is 42.2. The zero-order chi connectivity index (χ0) is 23.8. The zero-order valence-electron chi connectivity index (χ0n) is 17.8. The molecule has 0 radical (unpaired) electrons. The smallest absolute Gasteiger partial charge is 0.378 e. The minimum atomic E-state index is -4.64. The highest BCUT2D eigenvalue weighted by atomic mass is 19.4. The fraction of sp³-hybridized carbons (Fsp3) is 0.182. The first-order valence-electron chi connectivity index (χ1n) is 9.87. The third kappa shape index (κ3) is 4.29. The lowest BCUT2D eigenvalue weighted by Gasteiger charge is -2.13. The van der Waals surface area contributed by atoms with Crippen LogP contribution in [-0.4, -0.2) is 38.4 Å². The van der Waals surface area contributed by atoms with Gasteiger partial charge in [0.2, 0.25) is 5.95 Å². The lowest BCUT2D eigenvalue weighted by molar-refractivity contribution is -0.141. The van der Waals surface area contributed by atoms with Crippen LogP contribution in [-0.2, 0) is 12.7 Å². The molecule has 0 saturated carbocycles. The van der Waals surface area contributed by atoms with Gasteiger partial charge in [-0.3, -0.25) is 4.79 Å². The van der Waals surface area contributed by atoms with Crippen LogP contribution in [0.3, 0.4) is 0 Å². The van der Waals surface area contributed by atoms with Crippen molar-refractivity contribution in [1.29, 1.82) is 0 Å². The van der Waals surface area contributed by atoms with E-state index in [1.165, 1.54) is 33.8 Å². The molecule has 4 aromatic rings. The van der Waals surface area contributed by atoms with Crippen LogP contribution < -0.4 is 15.8 Å². The molecule has 0 atom stereocenters. The number of hydrogen-bond donors (Lipinski definition) is 1. The summed E-state index contributed by atoms with van der Waals surface area (Å²) in [5.74, 6) is 0.0790. The number of nitrogens with one attached hydrogen (secondary N) is 1. The number of aromatic nitrogens is 5. The number of pyridine rings is 1. The molecule has 3 heterocycles. The Balaban J connectivity index is 1.84. The fourth-order valence-corrected chi connectivity index (χ4v) is 3.28. The molecule has 0 aliphatic rings. The van der Waals surface area contributed by atoms with Gasteiger partial charge >= 0.3 is 6.18 Å².